The van der Waals surface area contributed by atoms with E-state index in [1.165, 1.54) is 18.2 Å². The molecule has 0 saturated carbocycles. The number of anilines is 1. The summed E-state index contributed by atoms with van der Waals surface area (Å²) in [7, 11) is 0. The van der Waals surface area contributed by atoms with Gasteiger partial charge in [0.25, 0.3) is 0 Å². The zero-order chi connectivity index (χ0) is 18.8. The first-order valence-electron chi connectivity index (χ1n) is 7.67. The second-order valence-corrected chi connectivity index (χ2v) is 6.04. The topological polar surface area (TPSA) is 82.8 Å². The lowest BCUT2D eigenvalue weighted by Crippen LogP contribution is -2.35. The number of rotatable bonds is 4. The number of furan rings is 1. The second-order valence-electron chi connectivity index (χ2n) is 5.64. The second kappa shape index (κ2) is 7.09. The first-order chi connectivity index (χ1) is 12.4. The van der Waals surface area contributed by atoms with E-state index in [1.807, 2.05) is 0 Å². The summed E-state index contributed by atoms with van der Waals surface area (Å²) in [6.07, 6.45) is 0. The van der Waals surface area contributed by atoms with Gasteiger partial charge >= 0.3 is 12.0 Å². The highest BCUT2D eigenvalue weighted by Gasteiger charge is 2.20. The van der Waals surface area contributed by atoms with Gasteiger partial charge in [-0.1, -0.05) is 31.0 Å². The summed E-state index contributed by atoms with van der Waals surface area (Å²) in [5, 5.41) is 12.3. The van der Waals surface area contributed by atoms with Gasteiger partial charge in [0, 0.05) is 11.5 Å². The third kappa shape index (κ3) is 3.50. The Balaban J connectivity index is 1.83. The van der Waals surface area contributed by atoms with E-state index in [0.717, 1.165) is 9.87 Å². The Morgan fingerprint density at radius 2 is 1.92 bits per heavy atom. The first-order valence-corrected chi connectivity index (χ1v) is 8.07. The van der Waals surface area contributed by atoms with Crippen LogP contribution >= 0.6 is 12.8 Å². The molecule has 0 saturated heterocycles. The summed E-state index contributed by atoms with van der Waals surface area (Å²) in [5.74, 6) is -1.79. The number of nitrogens with one attached hydrogen (secondary N) is 1. The zero-order valence-corrected chi connectivity index (χ0v) is 14.5. The molecule has 0 aliphatic carbocycles. The summed E-state index contributed by atoms with van der Waals surface area (Å²) >= 11 is 4.23. The van der Waals surface area contributed by atoms with Gasteiger partial charge in [-0.05, 0) is 36.8 Å². The van der Waals surface area contributed by atoms with Crippen LogP contribution in [0.25, 0.3) is 11.0 Å². The highest BCUT2D eigenvalue weighted by atomic mass is 32.1. The minimum atomic E-state index is -1.20. The van der Waals surface area contributed by atoms with Crippen LogP contribution in [-0.4, -0.2) is 17.1 Å². The summed E-state index contributed by atoms with van der Waals surface area (Å²) < 4.78 is 19.3. The number of carbonyl (C=O) groups excluding carboxylic acids is 1. The summed E-state index contributed by atoms with van der Waals surface area (Å²) in [6.45, 7) is 1.76. The molecule has 0 aliphatic heterocycles. The number of hydrogen-bond acceptors (Lipinski definition) is 4. The van der Waals surface area contributed by atoms with Crippen LogP contribution in [0.1, 0.15) is 29.1 Å². The Morgan fingerprint density at radius 3 is 2.58 bits per heavy atom. The fourth-order valence-electron chi connectivity index (χ4n) is 2.53. The van der Waals surface area contributed by atoms with Gasteiger partial charge in [-0.3, -0.25) is 0 Å². The van der Waals surface area contributed by atoms with Gasteiger partial charge in [-0.2, -0.15) is 0 Å². The number of aromatic carboxylic acids is 1. The van der Waals surface area contributed by atoms with Gasteiger partial charge in [-0.25, -0.2) is 18.3 Å². The van der Waals surface area contributed by atoms with Crippen molar-refractivity contribution in [3.8, 4) is 0 Å². The van der Waals surface area contributed by atoms with Gasteiger partial charge in [0.05, 0.1) is 11.7 Å². The summed E-state index contributed by atoms with van der Waals surface area (Å²) in [4.78, 5) is 23.6. The van der Waals surface area contributed by atoms with Crippen molar-refractivity contribution in [2.75, 3.05) is 4.31 Å². The third-order valence-corrected chi connectivity index (χ3v) is 4.28. The van der Waals surface area contributed by atoms with Crippen molar-refractivity contribution in [2.24, 2.45) is 0 Å². The largest absolute Gasteiger partial charge is 0.475 e. The molecule has 1 atom stereocenters. The number of thiol groups is 1. The molecule has 0 spiro atoms. The number of halogens is 1. The minimum Gasteiger partial charge on any atom is -0.475 e. The predicted octanol–water partition coefficient (Wildman–Crippen LogP) is 4.39. The molecule has 1 unspecified atom stereocenters. The number of carboxylic acids is 1. The van der Waals surface area contributed by atoms with Crippen molar-refractivity contribution >= 4 is 41.5 Å². The van der Waals surface area contributed by atoms with E-state index in [-0.39, 0.29) is 17.6 Å². The van der Waals surface area contributed by atoms with E-state index in [1.54, 1.807) is 37.3 Å². The maximum atomic E-state index is 13.0. The molecule has 6 nitrogen and oxygen atoms in total. The fourth-order valence-corrected chi connectivity index (χ4v) is 2.76. The predicted molar refractivity (Wildman–Crippen MR) is 98.0 cm³/mol. The van der Waals surface area contributed by atoms with Gasteiger partial charge in [-0.15, -0.1) is 0 Å². The van der Waals surface area contributed by atoms with Crippen LogP contribution in [-0.2, 0) is 0 Å². The number of nitrogens with zero attached hydrogens (tertiary/aromatic N) is 1. The van der Waals surface area contributed by atoms with E-state index >= 15 is 0 Å². The highest BCUT2D eigenvalue weighted by Crippen LogP contribution is 2.31. The number of hydrogen-bond donors (Lipinski definition) is 3. The van der Waals surface area contributed by atoms with Gasteiger partial charge in [0.1, 0.15) is 11.4 Å². The van der Waals surface area contributed by atoms with E-state index < -0.39 is 12.0 Å². The molecule has 0 bridgehead atoms. The van der Waals surface area contributed by atoms with E-state index in [2.05, 4.69) is 18.1 Å². The Hall–Kier alpha value is -3.00. The average Bonchev–Trinajstić information content (AvgIpc) is 3.06. The van der Waals surface area contributed by atoms with Crippen molar-refractivity contribution in [1.82, 2.24) is 5.32 Å². The molecule has 1 aromatic heterocycles. The Morgan fingerprint density at radius 1 is 1.23 bits per heavy atom. The van der Waals surface area contributed by atoms with Crippen molar-refractivity contribution in [3.05, 3.63) is 65.7 Å². The molecule has 3 rings (SSSR count). The highest BCUT2D eigenvalue weighted by molar-refractivity contribution is 7.82. The van der Waals surface area contributed by atoms with Crippen LogP contribution in [0.4, 0.5) is 14.9 Å². The molecule has 2 N–H and O–H groups in total. The molecular weight excluding hydrogens is 359 g/mol. The van der Waals surface area contributed by atoms with Crippen molar-refractivity contribution in [3.63, 3.8) is 0 Å². The molecule has 134 valence electrons. The zero-order valence-electron chi connectivity index (χ0n) is 13.6. The van der Waals surface area contributed by atoms with Crippen LogP contribution < -0.4 is 9.62 Å². The van der Waals surface area contributed by atoms with Crippen LogP contribution in [0.3, 0.4) is 0 Å². The molecule has 8 heteroatoms. The lowest BCUT2D eigenvalue weighted by atomic mass is 10.1. The molecule has 1 heterocycles. The number of fused-ring (bicyclic) bond motifs is 1. The normalized spacial score (nSPS) is 12.0. The Kier molecular flexibility index (Phi) is 4.85. The average molecular weight is 374 g/mol. The van der Waals surface area contributed by atoms with Gasteiger partial charge in [0.2, 0.25) is 5.76 Å². The standard InChI is InChI=1S/C18H15FN2O4S/c1-10(11-5-7-12(19)8-6-11)20-18(24)21(26)14-3-2-4-15-13(14)9-16(25-15)17(22)23/h2-10,26H,1H3,(H,20,24)(H,22,23). The lowest BCUT2D eigenvalue weighted by Gasteiger charge is -2.21. The maximum absolute atomic E-state index is 13.0. The Labute approximate surface area is 153 Å². The van der Waals surface area contributed by atoms with Crippen molar-refractivity contribution < 1.29 is 23.5 Å². The smallest absolute Gasteiger partial charge is 0.371 e. The molecular formula is C18H15FN2O4S. The van der Waals surface area contributed by atoms with E-state index in [4.69, 9.17) is 9.52 Å². The van der Waals surface area contributed by atoms with Gasteiger partial charge < -0.3 is 14.8 Å². The number of carboxylic acid groups (broad SMARTS) is 1. The fraction of sp³-hybridized carbons (Fsp3) is 0.111. The molecule has 0 aliphatic rings. The quantitative estimate of drug-likeness (QED) is 0.592. The number of urea groups is 1. The van der Waals surface area contributed by atoms with Crippen LogP contribution in [0.15, 0.2) is 52.9 Å². The molecule has 3 aromatic rings. The lowest BCUT2D eigenvalue weighted by molar-refractivity contribution is 0.0665. The number of carbonyl (C=O) groups is 2. The van der Waals surface area contributed by atoms with Crippen molar-refractivity contribution in [1.29, 1.82) is 0 Å². The first kappa shape index (κ1) is 17.8. The maximum Gasteiger partial charge on any atom is 0.371 e. The summed E-state index contributed by atoms with van der Waals surface area (Å²) in [6, 6.07) is 11.1. The number of benzene rings is 2. The Bertz CT molecular complexity index is 971. The van der Waals surface area contributed by atoms with Gasteiger partial charge in [0.15, 0.2) is 0 Å². The van der Waals surface area contributed by atoms with Crippen LogP contribution in [0, 0.1) is 5.82 Å². The monoisotopic (exact) mass is 374 g/mol. The van der Waals surface area contributed by atoms with Crippen LogP contribution in [0.2, 0.25) is 0 Å². The molecule has 26 heavy (non-hydrogen) atoms. The minimum absolute atomic E-state index is 0.228. The molecule has 0 fully saturated rings. The molecule has 2 amide bonds. The SMILES string of the molecule is CC(NC(=O)N(S)c1cccc2oc(C(=O)O)cc12)c1ccc(F)cc1. The van der Waals surface area contributed by atoms with Crippen molar-refractivity contribution in [2.45, 2.75) is 13.0 Å². The molecule has 0 radical (unpaired) electrons. The van der Waals surface area contributed by atoms with E-state index in [9.17, 15) is 14.0 Å². The number of amides is 2. The summed E-state index contributed by atoms with van der Waals surface area (Å²) in [5.41, 5.74) is 1.44. The molecule has 2 aromatic carbocycles. The van der Waals surface area contributed by atoms with Crippen LogP contribution in [0.5, 0.6) is 0 Å². The van der Waals surface area contributed by atoms with E-state index in [0.29, 0.717) is 16.7 Å². The third-order valence-electron chi connectivity index (χ3n) is 3.88.